The van der Waals surface area contributed by atoms with Crippen molar-refractivity contribution in [2.24, 2.45) is 0 Å². The molecule has 0 saturated carbocycles. The molecule has 1 saturated heterocycles. The third-order valence-electron chi connectivity index (χ3n) is 2.42. The highest BCUT2D eigenvalue weighted by molar-refractivity contribution is 6.15. The van der Waals surface area contributed by atoms with E-state index < -0.39 is 23.5 Å². The second kappa shape index (κ2) is 4.79. The Labute approximate surface area is 109 Å². The lowest BCUT2D eigenvalue weighted by atomic mass is 10.1. The molecule has 0 spiro atoms. The van der Waals surface area contributed by atoms with Crippen LogP contribution in [0.3, 0.4) is 0 Å². The molecule has 5 nitrogen and oxygen atoms in total. The fraction of sp³-hybridized carbons (Fsp3) is 0.308. The zero-order chi connectivity index (χ0) is 14.0. The van der Waals surface area contributed by atoms with Gasteiger partial charge in [-0.15, -0.1) is 0 Å². The van der Waals surface area contributed by atoms with Crippen LogP contribution in [0.5, 0.6) is 0 Å². The topological polar surface area (TPSA) is 65.5 Å². The molecule has 0 unspecified atom stereocenters. The summed E-state index contributed by atoms with van der Waals surface area (Å²) in [6.45, 7) is 2.94. The lowest BCUT2D eigenvalue weighted by Crippen LogP contribution is -2.41. The Morgan fingerprint density at radius 2 is 1.89 bits per heavy atom. The predicted octanol–water partition coefficient (Wildman–Crippen LogP) is 1.53. The van der Waals surface area contributed by atoms with Gasteiger partial charge in [0.25, 0.3) is 5.79 Å². The van der Waals surface area contributed by atoms with Crippen molar-refractivity contribution in [2.75, 3.05) is 0 Å². The monoisotopic (exact) mass is 265 g/mol. The number of ether oxygens (including phenoxy) is 2. The minimum Gasteiger partial charge on any atom is -0.419 e. The van der Waals surface area contributed by atoms with Crippen molar-refractivity contribution in [3.05, 3.63) is 41.5 Å². The maximum atomic E-state index is 12.9. The van der Waals surface area contributed by atoms with Gasteiger partial charge in [-0.3, -0.25) is 4.98 Å². The molecule has 0 N–H and O–H groups in total. The SMILES string of the molecule is CC1(C)OC(=O)C(=CCc2cncc(F)c2)C(=O)O1. The van der Waals surface area contributed by atoms with Crippen molar-refractivity contribution >= 4 is 11.9 Å². The summed E-state index contributed by atoms with van der Waals surface area (Å²) in [7, 11) is 0. The van der Waals surface area contributed by atoms with Crippen LogP contribution in [-0.4, -0.2) is 22.7 Å². The van der Waals surface area contributed by atoms with Gasteiger partial charge in [-0.25, -0.2) is 14.0 Å². The van der Waals surface area contributed by atoms with E-state index in [2.05, 4.69) is 4.98 Å². The number of hydrogen-bond acceptors (Lipinski definition) is 5. The Hall–Kier alpha value is -2.24. The van der Waals surface area contributed by atoms with Gasteiger partial charge in [-0.1, -0.05) is 6.08 Å². The molecular weight excluding hydrogens is 253 g/mol. The molecule has 1 aromatic heterocycles. The third kappa shape index (κ3) is 3.15. The number of halogens is 1. The Balaban J connectivity index is 2.15. The number of cyclic esters (lactones) is 2. The Kier molecular flexibility index (Phi) is 3.33. The van der Waals surface area contributed by atoms with E-state index in [4.69, 9.17) is 9.47 Å². The highest BCUT2D eigenvalue weighted by atomic mass is 19.1. The molecular formula is C13H12FNO4. The minimum atomic E-state index is -1.26. The fourth-order valence-corrected chi connectivity index (χ4v) is 1.61. The van der Waals surface area contributed by atoms with Crippen molar-refractivity contribution in [3.63, 3.8) is 0 Å². The van der Waals surface area contributed by atoms with Crippen molar-refractivity contribution in [3.8, 4) is 0 Å². The summed E-state index contributed by atoms with van der Waals surface area (Å²) in [5.74, 6) is -3.23. The van der Waals surface area contributed by atoms with Crippen molar-refractivity contribution in [1.29, 1.82) is 0 Å². The van der Waals surface area contributed by atoms with Crippen LogP contribution < -0.4 is 0 Å². The van der Waals surface area contributed by atoms with Gasteiger partial charge in [0.05, 0.1) is 6.20 Å². The molecule has 0 radical (unpaired) electrons. The van der Waals surface area contributed by atoms with Gasteiger partial charge in [0, 0.05) is 20.0 Å². The normalized spacial score (nSPS) is 17.7. The predicted molar refractivity (Wildman–Crippen MR) is 62.2 cm³/mol. The highest BCUT2D eigenvalue weighted by Gasteiger charge is 2.38. The molecule has 1 aromatic rings. The standard InChI is InChI=1S/C13H12FNO4/c1-13(2)18-11(16)10(12(17)19-13)4-3-8-5-9(14)7-15-6-8/h4-7H,3H2,1-2H3. The summed E-state index contributed by atoms with van der Waals surface area (Å²) in [5, 5.41) is 0. The number of rotatable bonds is 2. The quantitative estimate of drug-likeness (QED) is 0.461. The molecule has 100 valence electrons. The average Bonchev–Trinajstić information content (AvgIpc) is 2.26. The number of aromatic nitrogens is 1. The number of allylic oxidation sites excluding steroid dienone is 1. The molecule has 0 bridgehead atoms. The largest absolute Gasteiger partial charge is 0.419 e. The molecule has 0 aliphatic carbocycles. The zero-order valence-electron chi connectivity index (χ0n) is 10.5. The van der Waals surface area contributed by atoms with Gasteiger partial charge < -0.3 is 9.47 Å². The Morgan fingerprint density at radius 3 is 2.47 bits per heavy atom. The number of hydrogen-bond donors (Lipinski definition) is 0. The Morgan fingerprint density at radius 1 is 1.26 bits per heavy atom. The lowest BCUT2D eigenvalue weighted by molar-refractivity contribution is -0.222. The van der Waals surface area contributed by atoms with Gasteiger partial charge in [0.1, 0.15) is 11.4 Å². The second-order valence-corrected chi connectivity index (χ2v) is 4.51. The summed E-state index contributed by atoms with van der Waals surface area (Å²) in [6.07, 6.45) is 4.05. The number of carbonyl (C=O) groups excluding carboxylic acids is 2. The molecule has 1 fully saturated rings. The summed E-state index contributed by atoms with van der Waals surface area (Å²) in [4.78, 5) is 26.9. The van der Waals surface area contributed by atoms with Crippen molar-refractivity contribution in [2.45, 2.75) is 26.1 Å². The van der Waals surface area contributed by atoms with E-state index in [-0.39, 0.29) is 12.0 Å². The van der Waals surface area contributed by atoms with E-state index in [1.807, 2.05) is 0 Å². The molecule has 6 heteroatoms. The smallest absolute Gasteiger partial charge is 0.348 e. The van der Waals surface area contributed by atoms with Crippen molar-refractivity contribution in [1.82, 2.24) is 4.98 Å². The molecule has 0 amide bonds. The summed E-state index contributed by atoms with van der Waals surface area (Å²) < 4.78 is 22.8. The lowest BCUT2D eigenvalue weighted by Gasteiger charge is -2.29. The van der Waals surface area contributed by atoms with Crippen LogP contribution in [0.15, 0.2) is 30.1 Å². The first-order valence-electron chi connectivity index (χ1n) is 5.64. The van der Waals surface area contributed by atoms with E-state index in [1.54, 1.807) is 0 Å². The molecule has 1 aliphatic rings. The first-order valence-corrected chi connectivity index (χ1v) is 5.64. The number of esters is 2. The van der Waals surface area contributed by atoms with E-state index in [0.717, 1.165) is 6.20 Å². The van der Waals surface area contributed by atoms with Crippen molar-refractivity contribution < 1.29 is 23.5 Å². The fourth-order valence-electron chi connectivity index (χ4n) is 1.61. The maximum absolute atomic E-state index is 12.9. The van der Waals surface area contributed by atoms with Crippen LogP contribution in [0.2, 0.25) is 0 Å². The zero-order valence-corrected chi connectivity index (χ0v) is 10.5. The number of carbonyl (C=O) groups is 2. The van der Waals surface area contributed by atoms with Gasteiger partial charge in [-0.05, 0) is 18.1 Å². The van der Waals surface area contributed by atoms with Gasteiger partial charge in [0.15, 0.2) is 0 Å². The maximum Gasteiger partial charge on any atom is 0.348 e. The molecule has 1 aliphatic heterocycles. The first-order chi connectivity index (χ1) is 8.87. The van der Waals surface area contributed by atoms with E-state index >= 15 is 0 Å². The summed E-state index contributed by atoms with van der Waals surface area (Å²) >= 11 is 0. The van der Waals surface area contributed by atoms with Gasteiger partial charge >= 0.3 is 11.9 Å². The van der Waals surface area contributed by atoms with Crippen LogP contribution in [0.1, 0.15) is 19.4 Å². The van der Waals surface area contributed by atoms with Crippen LogP contribution in [-0.2, 0) is 25.5 Å². The first kappa shape index (κ1) is 13.2. The third-order valence-corrected chi connectivity index (χ3v) is 2.42. The number of nitrogens with zero attached hydrogens (tertiary/aromatic N) is 1. The van der Waals surface area contributed by atoms with Crippen LogP contribution in [0.25, 0.3) is 0 Å². The molecule has 19 heavy (non-hydrogen) atoms. The summed E-state index contributed by atoms with van der Waals surface area (Å²) in [5.41, 5.74) is 0.349. The summed E-state index contributed by atoms with van der Waals surface area (Å²) in [6, 6.07) is 1.27. The van der Waals surface area contributed by atoms with Gasteiger partial charge in [-0.2, -0.15) is 0 Å². The van der Waals surface area contributed by atoms with Crippen LogP contribution in [0, 0.1) is 5.82 Å². The average molecular weight is 265 g/mol. The van der Waals surface area contributed by atoms with E-state index in [1.165, 1.54) is 32.2 Å². The van der Waals surface area contributed by atoms with Gasteiger partial charge in [0.2, 0.25) is 0 Å². The van der Waals surface area contributed by atoms with E-state index in [9.17, 15) is 14.0 Å². The second-order valence-electron chi connectivity index (χ2n) is 4.51. The molecule has 0 aromatic carbocycles. The molecule has 2 rings (SSSR count). The Bertz CT molecular complexity index is 544. The molecule has 2 heterocycles. The minimum absolute atomic E-state index is 0.185. The highest BCUT2D eigenvalue weighted by Crippen LogP contribution is 2.22. The number of pyridine rings is 1. The molecule has 0 atom stereocenters. The van der Waals surface area contributed by atoms with E-state index in [0.29, 0.717) is 5.56 Å². The van der Waals surface area contributed by atoms with Crippen LogP contribution in [0.4, 0.5) is 4.39 Å². The van der Waals surface area contributed by atoms with Crippen LogP contribution >= 0.6 is 0 Å².